The van der Waals surface area contributed by atoms with Crippen molar-refractivity contribution in [3.05, 3.63) is 77.1 Å². The number of sulfonamides is 1. The molecule has 0 amide bonds. The van der Waals surface area contributed by atoms with Crippen LogP contribution in [-0.4, -0.2) is 29.2 Å². The summed E-state index contributed by atoms with van der Waals surface area (Å²) in [5.41, 5.74) is 3.23. The Hall–Kier alpha value is -2.54. The molecule has 2 aromatic carbocycles. The largest absolute Gasteiger partial charge is 0.255 e. The van der Waals surface area contributed by atoms with Gasteiger partial charge in [-0.2, -0.15) is 4.31 Å². The fraction of sp³-hybridized carbons (Fsp3) is 0.143. The van der Waals surface area contributed by atoms with E-state index in [0.717, 1.165) is 27.5 Å². The maximum absolute atomic E-state index is 13.4. The van der Waals surface area contributed by atoms with Crippen LogP contribution in [0.3, 0.4) is 0 Å². The van der Waals surface area contributed by atoms with Gasteiger partial charge in [-0.15, -0.1) is 0 Å². The first-order chi connectivity index (χ1) is 13.5. The molecule has 5 nitrogen and oxygen atoms in total. The number of hydrogen-bond donors (Lipinski definition) is 0. The number of rotatable bonds is 2. The van der Waals surface area contributed by atoms with Crippen LogP contribution >= 0.6 is 11.6 Å². The van der Waals surface area contributed by atoms with E-state index < -0.39 is 10.0 Å². The molecule has 7 heteroatoms. The van der Waals surface area contributed by atoms with E-state index in [1.165, 1.54) is 4.31 Å². The first kappa shape index (κ1) is 17.6. The third-order valence-corrected chi connectivity index (χ3v) is 7.22. The van der Waals surface area contributed by atoms with Crippen molar-refractivity contribution >= 4 is 43.4 Å². The number of halogens is 1. The van der Waals surface area contributed by atoms with E-state index in [2.05, 4.69) is 4.98 Å². The van der Waals surface area contributed by atoms with Crippen molar-refractivity contribution in [2.24, 2.45) is 0 Å². The highest BCUT2D eigenvalue weighted by Crippen LogP contribution is 2.30. The zero-order valence-corrected chi connectivity index (χ0v) is 16.4. The van der Waals surface area contributed by atoms with E-state index in [0.29, 0.717) is 23.5 Å². The number of para-hydroxylation sites is 1. The minimum Gasteiger partial charge on any atom is -0.255 e. The van der Waals surface area contributed by atoms with E-state index in [9.17, 15) is 8.42 Å². The lowest BCUT2D eigenvalue weighted by molar-refractivity contribution is 0.389. The van der Waals surface area contributed by atoms with Crippen LogP contribution in [0.2, 0.25) is 5.02 Å². The highest BCUT2D eigenvalue weighted by Gasteiger charge is 2.30. The Balaban J connectivity index is 1.58. The normalized spacial score (nSPS) is 15.0. The predicted molar refractivity (Wildman–Crippen MR) is 110 cm³/mol. The smallest absolute Gasteiger partial charge is 0.245 e. The molecule has 0 spiro atoms. The molecule has 1 aliphatic heterocycles. The van der Waals surface area contributed by atoms with Crippen molar-refractivity contribution in [3.63, 3.8) is 0 Å². The molecule has 0 N–H and O–H groups in total. The summed E-state index contributed by atoms with van der Waals surface area (Å²) in [5, 5.41) is 2.36. The molecule has 0 saturated heterocycles. The fourth-order valence-electron chi connectivity index (χ4n) is 3.71. The van der Waals surface area contributed by atoms with E-state index in [4.69, 9.17) is 16.6 Å². The van der Waals surface area contributed by atoms with Gasteiger partial charge >= 0.3 is 0 Å². The van der Waals surface area contributed by atoms with Crippen LogP contribution in [0.1, 0.15) is 11.3 Å². The highest BCUT2D eigenvalue weighted by atomic mass is 35.5. The first-order valence-electron chi connectivity index (χ1n) is 8.94. The number of fused-ring (bicyclic) bond motifs is 3. The molecule has 28 heavy (non-hydrogen) atoms. The summed E-state index contributed by atoms with van der Waals surface area (Å²) >= 11 is 6.10. The molecule has 0 saturated carbocycles. The van der Waals surface area contributed by atoms with Crippen molar-refractivity contribution in [1.82, 2.24) is 14.3 Å². The molecular formula is C21H16ClN3O2S. The average Bonchev–Trinajstić information content (AvgIpc) is 2.71. The van der Waals surface area contributed by atoms with Crippen molar-refractivity contribution in [2.75, 3.05) is 6.54 Å². The van der Waals surface area contributed by atoms with Crippen LogP contribution < -0.4 is 0 Å². The zero-order valence-electron chi connectivity index (χ0n) is 14.8. The second kappa shape index (κ2) is 6.51. The Bertz CT molecular complexity index is 1330. The summed E-state index contributed by atoms with van der Waals surface area (Å²) in [4.78, 5) is 9.25. The van der Waals surface area contributed by atoms with Crippen LogP contribution in [0.15, 0.2) is 65.7 Å². The van der Waals surface area contributed by atoms with Gasteiger partial charge in [0, 0.05) is 47.2 Å². The van der Waals surface area contributed by atoms with Gasteiger partial charge in [-0.05, 0) is 42.0 Å². The van der Waals surface area contributed by atoms with Gasteiger partial charge < -0.3 is 0 Å². The molecular weight excluding hydrogens is 394 g/mol. The molecule has 4 aromatic rings. The molecule has 0 atom stereocenters. The average molecular weight is 410 g/mol. The zero-order chi connectivity index (χ0) is 19.3. The van der Waals surface area contributed by atoms with E-state index in [-0.39, 0.29) is 11.4 Å². The molecule has 3 heterocycles. The maximum atomic E-state index is 13.4. The summed E-state index contributed by atoms with van der Waals surface area (Å²) in [6, 6.07) is 16.5. The van der Waals surface area contributed by atoms with Gasteiger partial charge in [0.05, 0.1) is 11.0 Å². The third-order valence-electron chi connectivity index (χ3n) is 5.10. The lowest BCUT2D eigenvalue weighted by Crippen LogP contribution is -2.36. The highest BCUT2D eigenvalue weighted by molar-refractivity contribution is 7.89. The fourth-order valence-corrected chi connectivity index (χ4v) is 5.48. The molecule has 0 bridgehead atoms. The van der Waals surface area contributed by atoms with Crippen LogP contribution in [0.25, 0.3) is 21.8 Å². The van der Waals surface area contributed by atoms with Gasteiger partial charge in [-0.3, -0.25) is 9.97 Å². The van der Waals surface area contributed by atoms with Crippen LogP contribution in [-0.2, 0) is 23.0 Å². The Labute approximate surface area is 167 Å². The molecule has 0 radical (unpaired) electrons. The monoisotopic (exact) mass is 409 g/mol. The summed E-state index contributed by atoms with van der Waals surface area (Å²) in [7, 11) is -3.68. The van der Waals surface area contributed by atoms with E-state index in [1.54, 1.807) is 24.4 Å². The topological polar surface area (TPSA) is 63.2 Å². The molecule has 5 rings (SSSR count). The van der Waals surface area contributed by atoms with Crippen molar-refractivity contribution < 1.29 is 8.42 Å². The predicted octanol–water partition coefficient (Wildman–Crippen LogP) is 4.18. The van der Waals surface area contributed by atoms with Gasteiger partial charge in [0.25, 0.3) is 0 Å². The molecule has 1 aliphatic rings. The Morgan fingerprint density at radius 1 is 1.00 bits per heavy atom. The van der Waals surface area contributed by atoms with Gasteiger partial charge in [0.2, 0.25) is 10.0 Å². The molecule has 0 aliphatic carbocycles. The molecule has 0 unspecified atom stereocenters. The van der Waals surface area contributed by atoms with Crippen molar-refractivity contribution in [3.8, 4) is 0 Å². The van der Waals surface area contributed by atoms with Gasteiger partial charge in [-0.1, -0.05) is 29.8 Å². The Morgan fingerprint density at radius 2 is 1.86 bits per heavy atom. The standard InChI is InChI=1S/C21H16ClN3O2S/c22-17-6-7-18-15(12-17)11-16-13-25(10-8-19(16)24-18)28(26,27)20-5-1-3-14-4-2-9-23-21(14)20/h1-7,9,11-12H,8,10,13H2. The van der Waals surface area contributed by atoms with Crippen LogP contribution in [0, 0.1) is 0 Å². The Kier molecular flexibility index (Phi) is 4.08. The Morgan fingerprint density at radius 3 is 2.75 bits per heavy atom. The lowest BCUT2D eigenvalue weighted by atomic mass is 10.0. The maximum Gasteiger partial charge on any atom is 0.245 e. The van der Waals surface area contributed by atoms with Gasteiger partial charge in [-0.25, -0.2) is 8.42 Å². The molecule has 0 fully saturated rings. The summed E-state index contributed by atoms with van der Waals surface area (Å²) in [5.74, 6) is 0. The van der Waals surface area contributed by atoms with Gasteiger partial charge in [0.15, 0.2) is 0 Å². The minimum atomic E-state index is -3.68. The lowest BCUT2D eigenvalue weighted by Gasteiger charge is -2.28. The molecule has 2 aromatic heterocycles. The van der Waals surface area contributed by atoms with Crippen molar-refractivity contribution in [1.29, 1.82) is 0 Å². The van der Waals surface area contributed by atoms with Gasteiger partial charge in [0.1, 0.15) is 4.90 Å². The second-order valence-corrected chi connectivity index (χ2v) is 9.19. The van der Waals surface area contributed by atoms with E-state index >= 15 is 0 Å². The number of benzene rings is 2. The quantitative estimate of drug-likeness (QED) is 0.498. The second-order valence-electron chi connectivity index (χ2n) is 6.85. The van der Waals surface area contributed by atoms with Crippen molar-refractivity contribution in [2.45, 2.75) is 17.9 Å². The number of pyridine rings is 2. The summed E-state index contributed by atoms with van der Waals surface area (Å²) < 4.78 is 28.3. The summed E-state index contributed by atoms with van der Waals surface area (Å²) in [6.07, 6.45) is 2.19. The number of nitrogens with zero attached hydrogens (tertiary/aromatic N) is 3. The summed E-state index contributed by atoms with van der Waals surface area (Å²) in [6.45, 7) is 0.682. The number of aromatic nitrogens is 2. The number of hydrogen-bond acceptors (Lipinski definition) is 4. The first-order valence-corrected chi connectivity index (χ1v) is 10.8. The minimum absolute atomic E-state index is 0.242. The van der Waals surface area contributed by atoms with Crippen LogP contribution in [0.5, 0.6) is 0 Å². The SMILES string of the molecule is O=S(=O)(c1cccc2cccnc12)N1CCc2nc3ccc(Cl)cc3cc2C1. The van der Waals surface area contributed by atoms with E-state index in [1.807, 2.05) is 36.4 Å². The molecule has 140 valence electrons. The third kappa shape index (κ3) is 2.85. The van der Waals surface area contributed by atoms with Crippen LogP contribution in [0.4, 0.5) is 0 Å².